The van der Waals surface area contributed by atoms with Gasteiger partial charge in [0.15, 0.2) is 11.7 Å². The van der Waals surface area contributed by atoms with Crippen LogP contribution in [0.2, 0.25) is 0 Å². The van der Waals surface area contributed by atoms with Crippen LogP contribution in [0.1, 0.15) is 33.8 Å². The van der Waals surface area contributed by atoms with Crippen LogP contribution in [0.4, 0.5) is 5.69 Å². The van der Waals surface area contributed by atoms with Gasteiger partial charge in [-0.25, -0.2) is 4.98 Å². The van der Waals surface area contributed by atoms with Crippen LogP contribution in [0.15, 0.2) is 53.1 Å². The summed E-state index contributed by atoms with van der Waals surface area (Å²) in [4.78, 5) is 38.4. The Balaban J connectivity index is 1.51. The Kier molecular flexibility index (Phi) is 6.21. The normalized spacial score (nSPS) is 10.5. The SMILES string of the molecule is Cc1ccc(-c2cnc(CCC(=O)NNC(=O)c3cccc([N+](=O)[O-])c3)o2)cc1C. The molecule has 0 saturated heterocycles. The van der Waals surface area contributed by atoms with Crippen LogP contribution in [-0.4, -0.2) is 21.7 Å². The highest BCUT2D eigenvalue weighted by Gasteiger charge is 2.13. The predicted octanol–water partition coefficient (Wildman–Crippen LogP) is 3.26. The molecule has 9 heteroatoms. The Labute approximate surface area is 172 Å². The van der Waals surface area contributed by atoms with E-state index >= 15 is 0 Å². The second-order valence-electron chi connectivity index (χ2n) is 6.73. The molecular formula is C21H20N4O5. The number of carbonyl (C=O) groups is 2. The number of nitro groups is 1. The van der Waals surface area contributed by atoms with E-state index in [1.165, 1.54) is 23.8 Å². The number of benzene rings is 2. The number of rotatable bonds is 6. The number of oxazole rings is 1. The molecule has 3 aromatic rings. The molecule has 0 spiro atoms. The van der Waals surface area contributed by atoms with E-state index in [0.29, 0.717) is 11.7 Å². The number of hydrogen-bond donors (Lipinski definition) is 2. The fourth-order valence-corrected chi connectivity index (χ4v) is 2.70. The second kappa shape index (κ2) is 8.99. The summed E-state index contributed by atoms with van der Waals surface area (Å²) in [5.41, 5.74) is 7.59. The number of nitrogens with one attached hydrogen (secondary N) is 2. The summed E-state index contributed by atoms with van der Waals surface area (Å²) in [5, 5.41) is 10.8. The van der Waals surface area contributed by atoms with Gasteiger partial charge < -0.3 is 4.42 Å². The van der Waals surface area contributed by atoms with Crippen LogP contribution in [0, 0.1) is 24.0 Å². The molecule has 0 unspecified atom stereocenters. The third-order valence-electron chi connectivity index (χ3n) is 4.55. The zero-order valence-electron chi connectivity index (χ0n) is 16.5. The third-order valence-corrected chi connectivity index (χ3v) is 4.55. The molecule has 0 bridgehead atoms. The Hall–Kier alpha value is -4.01. The molecule has 1 heterocycles. The van der Waals surface area contributed by atoms with E-state index in [4.69, 9.17) is 4.42 Å². The molecule has 0 aliphatic rings. The molecule has 1 aromatic heterocycles. The molecule has 3 rings (SSSR count). The summed E-state index contributed by atoms with van der Waals surface area (Å²) in [6.45, 7) is 4.05. The van der Waals surface area contributed by atoms with E-state index in [0.717, 1.165) is 17.2 Å². The minimum absolute atomic E-state index is 0.0437. The molecule has 0 aliphatic heterocycles. The van der Waals surface area contributed by atoms with Gasteiger partial charge >= 0.3 is 0 Å². The third kappa shape index (κ3) is 5.07. The first-order valence-corrected chi connectivity index (χ1v) is 9.19. The number of amides is 2. The van der Waals surface area contributed by atoms with Crippen LogP contribution >= 0.6 is 0 Å². The van der Waals surface area contributed by atoms with Crippen LogP contribution in [-0.2, 0) is 11.2 Å². The fourth-order valence-electron chi connectivity index (χ4n) is 2.70. The smallest absolute Gasteiger partial charge is 0.270 e. The molecule has 2 amide bonds. The average Bonchev–Trinajstić information content (AvgIpc) is 3.21. The maximum absolute atomic E-state index is 12.0. The van der Waals surface area contributed by atoms with Crippen molar-refractivity contribution < 1.29 is 18.9 Å². The van der Waals surface area contributed by atoms with Gasteiger partial charge in [-0.2, -0.15) is 0 Å². The monoisotopic (exact) mass is 408 g/mol. The Morgan fingerprint density at radius 2 is 1.90 bits per heavy atom. The summed E-state index contributed by atoms with van der Waals surface area (Å²) >= 11 is 0. The van der Waals surface area contributed by atoms with Gasteiger partial charge in [-0.3, -0.25) is 30.6 Å². The number of nitro benzene ring substituents is 1. The van der Waals surface area contributed by atoms with E-state index in [9.17, 15) is 19.7 Å². The zero-order valence-corrected chi connectivity index (χ0v) is 16.5. The molecule has 0 fully saturated rings. The molecule has 30 heavy (non-hydrogen) atoms. The van der Waals surface area contributed by atoms with Crippen molar-refractivity contribution in [2.24, 2.45) is 0 Å². The summed E-state index contributed by atoms with van der Waals surface area (Å²) in [6.07, 6.45) is 1.91. The predicted molar refractivity (Wildman–Crippen MR) is 108 cm³/mol. The van der Waals surface area contributed by atoms with Gasteiger partial charge in [0.2, 0.25) is 5.91 Å². The van der Waals surface area contributed by atoms with Crippen molar-refractivity contribution in [1.82, 2.24) is 15.8 Å². The van der Waals surface area contributed by atoms with Gasteiger partial charge in [-0.15, -0.1) is 0 Å². The van der Waals surface area contributed by atoms with Crippen LogP contribution in [0.3, 0.4) is 0 Å². The molecule has 0 saturated carbocycles. The van der Waals surface area contributed by atoms with Gasteiger partial charge in [0.25, 0.3) is 11.6 Å². The van der Waals surface area contributed by atoms with E-state index in [1.807, 2.05) is 32.0 Å². The summed E-state index contributed by atoms with van der Waals surface area (Å²) in [7, 11) is 0. The lowest BCUT2D eigenvalue weighted by Crippen LogP contribution is -2.41. The van der Waals surface area contributed by atoms with Gasteiger partial charge in [-0.1, -0.05) is 18.2 Å². The van der Waals surface area contributed by atoms with E-state index in [2.05, 4.69) is 15.8 Å². The lowest BCUT2D eigenvalue weighted by Gasteiger charge is -2.06. The van der Waals surface area contributed by atoms with Crippen LogP contribution in [0.5, 0.6) is 0 Å². The number of aryl methyl sites for hydroxylation is 3. The summed E-state index contributed by atoms with van der Waals surface area (Å²) < 4.78 is 5.70. The fraction of sp³-hybridized carbons (Fsp3) is 0.190. The highest BCUT2D eigenvalue weighted by atomic mass is 16.6. The van der Waals surface area contributed by atoms with Crippen molar-refractivity contribution in [3.8, 4) is 11.3 Å². The lowest BCUT2D eigenvalue weighted by molar-refractivity contribution is -0.384. The van der Waals surface area contributed by atoms with Crippen molar-refractivity contribution in [2.75, 3.05) is 0 Å². The van der Waals surface area contributed by atoms with Crippen molar-refractivity contribution >= 4 is 17.5 Å². The maximum Gasteiger partial charge on any atom is 0.270 e. The van der Waals surface area contributed by atoms with E-state index in [1.54, 1.807) is 6.20 Å². The Morgan fingerprint density at radius 3 is 2.63 bits per heavy atom. The van der Waals surface area contributed by atoms with Crippen molar-refractivity contribution in [1.29, 1.82) is 0 Å². The molecule has 154 valence electrons. The number of nitrogens with zero attached hydrogens (tertiary/aromatic N) is 2. The standard InChI is InChI=1S/C21H20N4O5/c1-13-6-7-15(10-14(13)2)18-12-22-20(30-18)9-8-19(26)23-24-21(27)16-4-3-5-17(11-16)25(28)29/h3-7,10-12H,8-9H2,1-2H3,(H,23,26)(H,24,27). The molecule has 0 atom stereocenters. The molecule has 2 N–H and O–H groups in total. The minimum Gasteiger partial charge on any atom is -0.441 e. The molecule has 2 aromatic carbocycles. The number of aromatic nitrogens is 1. The zero-order chi connectivity index (χ0) is 21.7. The van der Waals surface area contributed by atoms with E-state index < -0.39 is 16.7 Å². The number of non-ortho nitro benzene ring substituents is 1. The quantitative estimate of drug-likeness (QED) is 0.476. The minimum atomic E-state index is -0.653. The Bertz CT molecular complexity index is 1110. The molecule has 0 aliphatic carbocycles. The van der Waals surface area contributed by atoms with Crippen molar-refractivity contribution in [3.63, 3.8) is 0 Å². The van der Waals surface area contributed by atoms with Gasteiger partial charge in [0, 0.05) is 36.1 Å². The van der Waals surface area contributed by atoms with Gasteiger partial charge in [-0.05, 0) is 37.1 Å². The average molecular weight is 408 g/mol. The molecule has 0 radical (unpaired) electrons. The van der Waals surface area contributed by atoms with Crippen LogP contribution < -0.4 is 10.9 Å². The maximum atomic E-state index is 12.0. The van der Waals surface area contributed by atoms with Crippen LogP contribution in [0.25, 0.3) is 11.3 Å². The molecule has 9 nitrogen and oxygen atoms in total. The summed E-state index contributed by atoms with van der Waals surface area (Å²) in [5.74, 6) is -0.0733. The number of carbonyl (C=O) groups excluding carboxylic acids is 2. The number of hydrazine groups is 1. The first kappa shape index (κ1) is 20.7. The van der Waals surface area contributed by atoms with Crippen molar-refractivity contribution in [3.05, 3.63) is 81.4 Å². The second-order valence-corrected chi connectivity index (χ2v) is 6.73. The highest BCUT2D eigenvalue weighted by molar-refractivity contribution is 5.95. The van der Waals surface area contributed by atoms with Crippen molar-refractivity contribution in [2.45, 2.75) is 26.7 Å². The van der Waals surface area contributed by atoms with E-state index in [-0.39, 0.29) is 24.1 Å². The first-order valence-electron chi connectivity index (χ1n) is 9.19. The van der Waals surface area contributed by atoms with Gasteiger partial charge in [0.1, 0.15) is 0 Å². The lowest BCUT2D eigenvalue weighted by atomic mass is 10.1. The van der Waals surface area contributed by atoms with Gasteiger partial charge in [0.05, 0.1) is 11.1 Å². The summed E-state index contributed by atoms with van der Waals surface area (Å²) in [6, 6.07) is 11.2. The Morgan fingerprint density at radius 1 is 1.10 bits per heavy atom. The number of hydrogen-bond acceptors (Lipinski definition) is 6. The first-order chi connectivity index (χ1) is 14.3. The highest BCUT2D eigenvalue weighted by Crippen LogP contribution is 2.23. The molecular weight excluding hydrogens is 388 g/mol. The topological polar surface area (TPSA) is 127 Å². The largest absolute Gasteiger partial charge is 0.441 e.